The maximum Gasteiger partial charge on any atom is 0.251 e. The average Bonchev–Trinajstić information content (AvgIpc) is 2.55. The van der Waals surface area contributed by atoms with Gasteiger partial charge in [0.25, 0.3) is 5.91 Å². The van der Waals surface area contributed by atoms with Crippen molar-refractivity contribution in [3.63, 3.8) is 0 Å². The topological polar surface area (TPSA) is 45.2 Å². The highest BCUT2D eigenvalue weighted by molar-refractivity contribution is 5.98. The van der Waals surface area contributed by atoms with Gasteiger partial charge in [0.2, 0.25) is 0 Å². The molecule has 2 bridgehead atoms. The first-order valence-corrected chi connectivity index (χ1v) is 7.67. The van der Waals surface area contributed by atoms with E-state index in [1.165, 1.54) is 25.9 Å². The molecule has 5 heteroatoms. The zero-order valence-corrected chi connectivity index (χ0v) is 13.2. The van der Waals surface area contributed by atoms with E-state index in [4.69, 9.17) is 0 Å². The number of hydrogen-bond acceptors (Lipinski definition) is 3. The largest absolute Gasteiger partial charge is 0.348 e. The van der Waals surface area contributed by atoms with E-state index >= 15 is 0 Å². The Hall–Kier alpha value is -1.65. The van der Waals surface area contributed by atoms with Crippen molar-refractivity contribution in [2.45, 2.75) is 18.9 Å². The Balaban J connectivity index is 0.00000144. The predicted molar refractivity (Wildman–Crippen MR) is 89.4 cm³/mol. The van der Waals surface area contributed by atoms with Crippen LogP contribution in [0.25, 0.3) is 10.9 Å². The second kappa shape index (κ2) is 6.23. The lowest BCUT2D eigenvalue weighted by Gasteiger charge is -2.44. The fourth-order valence-corrected chi connectivity index (χ4v) is 3.60. The van der Waals surface area contributed by atoms with E-state index < -0.39 is 0 Å². The van der Waals surface area contributed by atoms with Crippen LogP contribution in [0, 0.1) is 5.92 Å². The summed E-state index contributed by atoms with van der Waals surface area (Å²) in [7, 11) is 0. The molecule has 116 valence electrons. The van der Waals surface area contributed by atoms with Crippen LogP contribution in [-0.2, 0) is 0 Å². The van der Waals surface area contributed by atoms with Gasteiger partial charge in [0.15, 0.2) is 0 Å². The van der Waals surface area contributed by atoms with Gasteiger partial charge >= 0.3 is 0 Å². The minimum atomic E-state index is 0. The predicted octanol–water partition coefficient (Wildman–Crippen LogP) is 2.48. The lowest BCUT2D eigenvalue weighted by molar-refractivity contribution is 0.0620. The molecule has 1 aromatic carbocycles. The number of aromatic nitrogens is 1. The van der Waals surface area contributed by atoms with Gasteiger partial charge in [0.1, 0.15) is 0 Å². The Kier molecular flexibility index (Phi) is 4.32. The number of fused-ring (bicyclic) bond motifs is 4. The molecular formula is C17H20ClN3O. The first kappa shape index (κ1) is 15.3. The Morgan fingerprint density at radius 2 is 2.05 bits per heavy atom. The van der Waals surface area contributed by atoms with Crippen LogP contribution in [0.1, 0.15) is 23.2 Å². The van der Waals surface area contributed by atoms with Crippen molar-refractivity contribution < 1.29 is 4.79 Å². The van der Waals surface area contributed by atoms with E-state index in [-0.39, 0.29) is 18.3 Å². The van der Waals surface area contributed by atoms with Crippen molar-refractivity contribution in [2.24, 2.45) is 5.92 Å². The standard InChI is InChI=1S/C17H19N3O.ClH/c21-17(19-16-11-20-8-5-12(16)6-9-20)14-3-4-15-13(10-14)2-1-7-18-15;/h1-4,7,10,12,16H,5-6,8-9,11H2,(H,19,21);1H/t16-;/m0./s1. The summed E-state index contributed by atoms with van der Waals surface area (Å²) >= 11 is 0. The molecule has 0 spiro atoms. The number of carbonyl (C=O) groups excluding carboxylic acids is 1. The third kappa shape index (κ3) is 2.81. The molecule has 1 N–H and O–H groups in total. The van der Waals surface area contributed by atoms with Crippen LogP contribution in [0.5, 0.6) is 0 Å². The van der Waals surface area contributed by atoms with Crippen molar-refractivity contribution >= 4 is 29.2 Å². The second-order valence-electron chi connectivity index (χ2n) is 6.13. The molecule has 3 fully saturated rings. The number of halogens is 1. The number of piperidine rings is 3. The fourth-order valence-electron chi connectivity index (χ4n) is 3.60. The zero-order chi connectivity index (χ0) is 14.2. The number of nitrogens with one attached hydrogen (secondary N) is 1. The van der Waals surface area contributed by atoms with Crippen molar-refractivity contribution in [3.05, 3.63) is 42.1 Å². The highest BCUT2D eigenvalue weighted by atomic mass is 35.5. The van der Waals surface area contributed by atoms with Crippen LogP contribution < -0.4 is 5.32 Å². The van der Waals surface area contributed by atoms with Gasteiger partial charge in [-0.15, -0.1) is 12.4 Å². The quantitative estimate of drug-likeness (QED) is 0.925. The molecule has 22 heavy (non-hydrogen) atoms. The average molecular weight is 318 g/mol. The molecule has 4 heterocycles. The van der Waals surface area contributed by atoms with Gasteiger partial charge in [0.05, 0.1) is 5.52 Å². The molecule has 5 rings (SSSR count). The second-order valence-corrected chi connectivity index (χ2v) is 6.13. The number of rotatable bonds is 2. The van der Waals surface area contributed by atoms with E-state index in [1.54, 1.807) is 6.20 Å². The molecule has 4 nitrogen and oxygen atoms in total. The molecule has 0 aliphatic carbocycles. The van der Waals surface area contributed by atoms with Crippen molar-refractivity contribution in [2.75, 3.05) is 19.6 Å². The molecule has 1 amide bonds. The summed E-state index contributed by atoms with van der Waals surface area (Å²) in [5.41, 5.74) is 1.66. The third-order valence-corrected chi connectivity index (χ3v) is 4.84. The summed E-state index contributed by atoms with van der Waals surface area (Å²) in [6.07, 6.45) is 4.20. The summed E-state index contributed by atoms with van der Waals surface area (Å²) in [5.74, 6) is 0.695. The summed E-state index contributed by atoms with van der Waals surface area (Å²) in [5, 5.41) is 4.24. The summed E-state index contributed by atoms with van der Waals surface area (Å²) < 4.78 is 0. The number of carbonyl (C=O) groups is 1. The van der Waals surface area contributed by atoms with E-state index in [2.05, 4.69) is 15.2 Å². The lowest BCUT2D eigenvalue weighted by atomic mass is 9.84. The molecule has 2 aromatic rings. The highest BCUT2D eigenvalue weighted by Crippen LogP contribution is 2.27. The summed E-state index contributed by atoms with van der Waals surface area (Å²) in [6, 6.07) is 9.92. The molecule has 1 aromatic heterocycles. The fraction of sp³-hybridized carbons (Fsp3) is 0.412. The van der Waals surface area contributed by atoms with Crippen LogP contribution in [0.2, 0.25) is 0 Å². The Morgan fingerprint density at radius 3 is 2.77 bits per heavy atom. The van der Waals surface area contributed by atoms with Gasteiger partial charge in [-0.05, 0) is 56.1 Å². The molecule has 0 radical (unpaired) electrons. The number of amides is 1. The monoisotopic (exact) mass is 317 g/mol. The summed E-state index contributed by atoms with van der Waals surface area (Å²) in [6.45, 7) is 3.39. The Bertz CT molecular complexity index is 682. The van der Waals surface area contributed by atoms with Gasteiger partial charge in [-0.2, -0.15) is 0 Å². The molecule has 1 atom stereocenters. The first-order valence-electron chi connectivity index (χ1n) is 7.67. The summed E-state index contributed by atoms with van der Waals surface area (Å²) in [4.78, 5) is 19.2. The van der Waals surface area contributed by atoms with Crippen molar-refractivity contribution in [3.8, 4) is 0 Å². The van der Waals surface area contributed by atoms with Crippen LogP contribution in [0.4, 0.5) is 0 Å². The lowest BCUT2D eigenvalue weighted by Crippen LogP contribution is -2.57. The van der Waals surface area contributed by atoms with Crippen LogP contribution in [0.3, 0.4) is 0 Å². The SMILES string of the molecule is Cl.O=C(N[C@H]1CN2CCC1CC2)c1ccc2ncccc2c1. The number of pyridine rings is 1. The van der Waals surface area contributed by atoms with Crippen LogP contribution in [0.15, 0.2) is 36.5 Å². The maximum atomic E-state index is 12.5. The van der Waals surface area contributed by atoms with Gasteiger partial charge in [-0.1, -0.05) is 6.07 Å². The van der Waals surface area contributed by atoms with E-state index in [1.807, 2.05) is 30.3 Å². The highest BCUT2D eigenvalue weighted by Gasteiger charge is 2.34. The molecular weight excluding hydrogens is 298 g/mol. The van der Waals surface area contributed by atoms with Gasteiger partial charge in [0, 0.05) is 29.7 Å². The minimum absolute atomic E-state index is 0. The Morgan fingerprint density at radius 1 is 1.23 bits per heavy atom. The molecule has 0 unspecified atom stereocenters. The van der Waals surface area contributed by atoms with Gasteiger partial charge in [-0.3, -0.25) is 9.78 Å². The molecule has 0 saturated carbocycles. The smallest absolute Gasteiger partial charge is 0.251 e. The molecule has 3 saturated heterocycles. The number of nitrogens with zero attached hydrogens (tertiary/aromatic N) is 2. The normalized spacial score (nSPS) is 26.5. The van der Waals surface area contributed by atoms with Crippen LogP contribution in [-0.4, -0.2) is 41.5 Å². The third-order valence-electron chi connectivity index (χ3n) is 4.84. The molecule has 3 aliphatic rings. The van der Waals surface area contributed by atoms with Crippen molar-refractivity contribution in [1.29, 1.82) is 0 Å². The minimum Gasteiger partial charge on any atom is -0.348 e. The van der Waals surface area contributed by atoms with Gasteiger partial charge < -0.3 is 10.2 Å². The number of benzene rings is 1. The molecule has 3 aliphatic heterocycles. The van der Waals surface area contributed by atoms with E-state index in [9.17, 15) is 4.79 Å². The van der Waals surface area contributed by atoms with E-state index in [0.717, 1.165) is 23.0 Å². The first-order chi connectivity index (χ1) is 10.3. The maximum absolute atomic E-state index is 12.5. The van der Waals surface area contributed by atoms with E-state index in [0.29, 0.717) is 12.0 Å². The Labute approximate surface area is 136 Å². The van der Waals surface area contributed by atoms with Crippen molar-refractivity contribution in [1.82, 2.24) is 15.2 Å². The van der Waals surface area contributed by atoms with Gasteiger partial charge in [-0.25, -0.2) is 0 Å². The number of hydrogen-bond donors (Lipinski definition) is 1. The zero-order valence-electron chi connectivity index (χ0n) is 12.4. The van der Waals surface area contributed by atoms with Crippen LogP contribution >= 0.6 is 12.4 Å².